The third-order valence-electron chi connectivity index (χ3n) is 6.42. The van der Waals surface area contributed by atoms with Gasteiger partial charge in [0.2, 0.25) is 11.8 Å². The van der Waals surface area contributed by atoms with Crippen LogP contribution in [-0.4, -0.2) is 62.8 Å². The molecule has 2 aromatic rings. The van der Waals surface area contributed by atoms with Crippen LogP contribution in [0.2, 0.25) is 0 Å². The summed E-state index contributed by atoms with van der Waals surface area (Å²) >= 11 is 1.49. The second-order valence-electron chi connectivity index (χ2n) is 8.12. The van der Waals surface area contributed by atoms with Gasteiger partial charge in [-0.2, -0.15) is 0 Å². The predicted molar refractivity (Wildman–Crippen MR) is 111 cm³/mol. The molecule has 0 unspecified atom stereocenters. The van der Waals surface area contributed by atoms with E-state index in [1.807, 2.05) is 24.3 Å². The van der Waals surface area contributed by atoms with Gasteiger partial charge in [0.15, 0.2) is 0 Å². The zero-order chi connectivity index (χ0) is 21.5. The molecular weight excluding hydrogens is 404 g/mol. The van der Waals surface area contributed by atoms with Crippen molar-refractivity contribution in [3.8, 4) is 0 Å². The Morgan fingerprint density at radius 1 is 1.30 bits per heavy atom. The van der Waals surface area contributed by atoms with Crippen LogP contribution in [0.1, 0.15) is 41.1 Å². The molecule has 0 saturated carbocycles. The summed E-state index contributed by atoms with van der Waals surface area (Å²) in [5.41, 5.74) is 3.03. The molecule has 2 aliphatic heterocycles. The van der Waals surface area contributed by atoms with Crippen molar-refractivity contribution in [3.63, 3.8) is 0 Å². The molecule has 9 nitrogen and oxygen atoms in total. The molecule has 2 fully saturated rings. The first kappa shape index (κ1) is 20.5. The standard InChI is InChI=1S/C20H26N6O3S/c1-12-17(25(3)10-23-12)18(28)26-14-4-5-15(26)20(7-14,6-13-9-30-11-24-13)19(29)22-8-16(27)21-2/h9-11,14-15H,4-8H2,1-3H3,(H,21,27)(H,22,29)/t14-,15+,20+/m1/s1. The van der Waals surface area contributed by atoms with E-state index in [0.29, 0.717) is 24.2 Å². The molecule has 4 heterocycles. The number of hydrogen-bond donors (Lipinski definition) is 2. The fourth-order valence-electron chi connectivity index (χ4n) is 5.05. The first-order valence-corrected chi connectivity index (χ1v) is 11.0. The lowest BCUT2D eigenvalue weighted by Crippen LogP contribution is -2.52. The Hall–Kier alpha value is -2.75. The number of carbonyl (C=O) groups excluding carboxylic acids is 3. The van der Waals surface area contributed by atoms with Gasteiger partial charge in [-0.25, -0.2) is 9.97 Å². The number of thiazole rings is 1. The van der Waals surface area contributed by atoms with E-state index in [1.54, 1.807) is 16.4 Å². The SMILES string of the molecule is CNC(=O)CNC(=O)[C@@]1(Cc2cscn2)C[C@H]2CC[C@@H]1N2C(=O)c1c(C)ncn1C. The summed E-state index contributed by atoms with van der Waals surface area (Å²) in [6, 6.07) is -0.253. The lowest BCUT2D eigenvalue weighted by molar-refractivity contribution is -0.134. The highest BCUT2D eigenvalue weighted by Crippen LogP contribution is 2.52. The highest BCUT2D eigenvalue weighted by Gasteiger charge is 2.61. The van der Waals surface area contributed by atoms with Crippen LogP contribution in [-0.2, 0) is 23.1 Å². The minimum Gasteiger partial charge on any atom is -0.358 e. The minimum absolute atomic E-state index is 0.0128. The molecule has 3 amide bonds. The molecule has 0 aromatic carbocycles. The second kappa shape index (κ2) is 7.82. The van der Waals surface area contributed by atoms with Gasteiger partial charge in [-0.3, -0.25) is 14.4 Å². The Balaban J connectivity index is 1.66. The lowest BCUT2D eigenvalue weighted by Gasteiger charge is -2.35. The molecule has 0 spiro atoms. The number of rotatable bonds is 6. The summed E-state index contributed by atoms with van der Waals surface area (Å²) in [6.45, 7) is 1.74. The van der Waals surface area contributed by atoms with Crippen LogP contribution < -0.4 is 10.6 Å². The van der Waals surface area contributed by atoms with Crippen molar-refractivity contribution in [1.82, 2.24) is 30.1 Å². The Bertz CT molecular complexity index is 952. The maximum absolute atomic E-state index is 13.5. The predicted octanol–water partition coefficient (Wildman–Crippen LogP) is 0.653. The third kappa shape index (κ3) is 3.28. The number of aryl methyl sites for hydroxylation is 2. The molecule has 2 aromatic heterocycles. The van der Waals surface area contributed by atoms with Crippen LogP contribution >= 0.6 is 11.3 Å². The number of imidazole rings is 1. The van der Waals surface area contributed by atoms with Crippen LogP contribution in [0.15, 0.2) is 17.2 Å². The Morgan fingerprint density at radius 3 is 2.73 bits per heavy atom. The molecule has 0 aliphatic carbocycles. The van der Waals surface area contributed by atoms with Crippen molar-refractivity contribution in [1.29, 1.82) is 0 Å². The highest BCUT2D eigenvalue weighted by molar-refractivity contribution is 7.07. The second-order valence-corrected chi connectivity index (χ2v) is 8.84. The minimum atomic E-state index is -0.798. The van der Waals surface area contributed by atoms with Gasteiger partial charge >= 0.3 is 0 Å². The van der Waals surface area contributed by atoms with Crippen LogP contribution in [0.5, 0.6) is 0 Å². The molecule has 3 atom stereocenters. The Morgan fingerprint density at radius 2 is 2.10 bits per heavy atom. The number of carbonyl (C=O) groups is 3. The van der Waals surface area contributed by atoms with E-state index in [0.717, 1.165) is 18.5 Å². The van der Waals surface area contributed by atoms with E-state index in [4.69, 9.17) is 0 Å². The summed E-state index contributed by atoms with van der Waals surface area (Å²) in [6.07, 6.45) is 4.28. The summed E-state index contributed by atoms with van der Waals surface area (Å²) in [7, 11) is 3.34. The van der Waals surface area contributed by atoms with Gasteiger partial charge in [-0.05, 0) is 26.2 Å². The fraction of sp³-hybridized carbons (Fsp3) is 0.550. The molecule has 30 heavy (non-hydrogen) atoms. The van der Waals surface area contributed by atoms with Crippen molar-refractivity contribution in [2.45, 2.75) is 44.7 Å². The number of nitrogens with one attached hydrogen (secondary N) is 2. The number of fused-ring (bicyclic) bond motifs is 2. The molecule has 160 valence electrons. The van der Waals surface area contributed by atoms with Crippen molar-refractivity contribution in [2.24, 2.45) is 12.5 Å². The lowest BCUT2D eigenvalue weighted by atomic mass is 9.70. The van der Waals surface area contributed by atoms with E-state index >= 15 is 0 Å². The van der Waals surface area contributed by atoms with Crippen molar-refractivity contribution in [2.75, 3.05) is 13.6 Å². The smallest absolute Gasteiger partial charge is 0.272 e. The van der Waals surface area contributed by atoms with E-state index in [2.05, 4.69) is 20.6 Å². The van der Waals surface area contributed by atoms with Gasteiger partial charge in [0, 0.05) is 38.0 Å². The molecule has 2 bridgehead atoms. The third-order valence-corrected chi connectivity index (χ3v) is 7.05. The molecule has 10 heteroatoms. The Labute approximate surface area is 178 Å². The summed E-state index contributed by atoms with van der Waals surface area (Å²) in [5, 5.41) is 7.26. The average Bonchev–Trinajstić information content (AvgIpc) is 3.50. The van der Waals surface area contributed by atoms with Crippen LogP contribution in [0.4, 0.5) is 0 Å². The topological polar surface area (TPSA) is 109 Å². The Kier molecular flexibility index (Phi) is 5.35. The zero-order valence-electron chi connectivity index (χ0n) is 17.3. The molecular formula is C20H26N6O3S. The summed E-state index contributed by atoms with van der Waals surface area (Å²) < 4.78 is 1.74. The maximum atomic E-state index is 13.5. The van der Waals surface area contributed by atoms with Crippen LogP contribution in [0.3, 0.4) is 0 Å². The van der Waals surface area contributed by atoms with Crippen molar-refractivity contribution >= 4 is 29.1 Å². The average molecular weight is 431 g/mol. The van der Waals surface area contributed by atoms with Crippen molar-refractivity contribution in [3.05, 3.63) is 34.3 Å². The first-order chi connectivity index (χ1) is 14.4. The number of likely N-dealkylation sites (N-methyl/N-ethyl adjacent to an activating group) is 1. The normalized spacial score (nSPS) is 24.8. The fourth-order valence-corrected chi connectivity index (χ4v) is 5.61. The largest absolute Gasteiger partial charge is 0.358 e. The first-order valence-electron chi connectivity index (χ1n) is 10.0. The van der Waals surface area contributed by atoms with Crippen LogP contribution in [0.25, 0.3) is 0 Å². The quantitative estimate of drug-likeness (QED) is 0.700. The molecule has 0 radical (unpaired) electrons. The van der Waals surface area contributed by atoms with Gasteiger partial charge in [-0.1, -0.05) is 0 Å². The van der Waals surface area contributed by atoms with Gasteiger partial charge in [-0.15, -0.1) is 11.3 Å². The summed E-state index contributed by atoms with van der Waals surface area (Å²) in [4.78, 5) is 49.1. The van der Waals surface area contributed by atoms with Crippen LogP contribution in [0, 0.1) is 12.3 Å². The van der Waals surface area contributed by atoms with Gasteiger partial charge in [0.1, 0.15) is 5.69 Å². The van der Waals surface area contributed by atoms with Crippen molar-refractivity contribution < 1.29 is 14.4 Å². The number of amides is 3. The maximum Gasteiger partial charge on any atom is 0.272 e. The molecule has 4 rings (SSSR count). The molecule has 2 saturated heterocycles. The van der Waals surface area contributed by atoms with E-state index in [9.17, 15) is 14.4 Å². The zero-order valence-corrected chi connectivity index (χ0v) is 18.2. The number of aromatic nitrogens is 3. The van der Waals surface area contributed by atoms with E-state index in [1.165, 1.54) is 18.4 Å². The summed E-state index contributed by atoms with van der Waals surface area (Å²) in [5.74, 6) is -0.529. The van der Waals surface area contributed by atoms with E-state index < -0.39 is 5.41 Å². The van der Waals surface area contributed by atoms with E-state index in [-0.39, 0.29) is 36.3 Å². The van der Waals surface area contributed by atoms with Gasteiger partial charge in [0.05, 0.1) is 35.2 Å². The van der Waals surface area contributed by atoms with Gasteiger partial charge in [0.25, 0.3) is 5.91 Å². The number of hydrogen-bond acceptors (Lipinski definition) is 6. The molecule has 2 aliphatic rings. The number of nitrogens with zero attached hydrogens (tertiary/aromatic N) is 4. The molecule has 2 N–H and O–H groups in total. The monoisotopic (exact) mass is 430 g/mol. The highest BCUT2D eigenvalue weighted by atomic mass is 32.1. The van der Waals surface area contributed by atoms with Gasteiger partial charge < -0.3 is 20.1 Å².